The highest BCUT2D eigenvalue weighted by Crippen LogP contribution is 2.35. The fourth-order valence-electron chi connectivity index (χ4n) is 3.42. The van der Waals surface area contributed by atoms with Crippen LogP contribution >= 0.6 is 11.6 Å². The molecular formula is C22H21ClN2O4. The molecule has 0 amide bonds. The number of morpholine rings is 1. The summed E-state index contributed by atoms with van der Waals surface area (Å²) in [4.78, 5) is 19.7. The molecule has 0 spiro atoms. The molecule has 2 heterocycles. The Kier molecular flexibility index (Phi) is 5.94. The van der Waals surface area contributed by atoms with Crippen molar-refractivity contribution in [3.8, 4) is 11.5 Å². The molecule has 1 aliphatic heterocycles. The Balaban J connectivity index is 1.75. The number of hydrogen-bond donors (Lipinski definition) is 0. The lowest BCUT2D eigenvalue weighted by Crippen LogP contribution is -2.35. The van der Waals surface area contributed by atoms with Gasteiger partial charge >= 0.3 is 5.97 Å². The fourth-order valence-corrected chi connectivity index (χ4v) is 3.70. The standard InChI is InChI=1S/C22H21ClN2O4/c1-27-19-7-3-2-5-17(19)22(26)29-21-15(14-25-9-11-28-12-10-25)13-18(23)16-6-4-8-24-20(16)21/h2-8,13H,9-12,14H2,1H3. The SMILES string of the molecule is COc1ccccc1C(=O)Oc1c(CN2CCOCC2)cc(Cl)c2cccnc12. The molecule has 7 heteroatoms. The maximum Gasteiger partial charge on any atom is 0.347 e. The minimum absolute atomic E-state index is 0.353. The van der Waals surface area contributed by atoms with E-state index in [2.05, 4.69) is 9.88 Å². The highest BCUT2D eigenvalue weighted by Gasteiger charge is 2.22. The quantitative estimate of drug-likeness (QED) is 0.467. The average Bonchev–Trinajstić information content (AvgIpc) is 2.77. The van der Waals surface area contributed by atoms with E-state index in [1.165, 1.54) is 7.11 Å². The molecule has 6 nitrogen and oxygen atoms in total. The number of fused-ring (bicyclic) bond motifs is 1. The number of ether oxygens (including phenoxy) is 3. The van der Waals surface area contributed by atoms with Crippen molar-refractivity contribution in [3.05, 3.63) is 64.8 Å². The van der Waals surface area contributed by atoms with E-state index in [4.69, 9.17) is 25.8 Å². The molecule has 1 aromatic heterocycles. The number of para-hydroxylation sites is 1. The molecule has 0 aliphatic carbocycles. The van der Waals surface area contributed by atoms with Gasteiger partial charge in [-0.15, -0.1) is 0 Å². The number of benzene rings is 2. The Morgan fingerprint density at radius 3 is 2.79 bits per heavy atom. The number of hydrogen-bond acceptors (Lipinski definition) is 6. The van der Waals surface area contributed by atoms with Gasteiger partial charge in [0.15, 0.2) is 5.75 Å². The van der Waals surface area contributed by atoms with E-state index in [1.807, 2.05) is 18.2 Å². The van der Waals surface area contributed by atoms with Crippen LogP contribution in [0.5, 0.6) is 11.5 Å². The zero-order chi connectivity index (χ0) is 20.2. The van der Waals surface area contributed by atoms with Crippen molar-refractivity contribution in [2.45, 2.75) is 6.54 Å². The van der Waals surface area contributed by atoms with Crippen molar-refractivity contribution in [2.24, 2.45) is 0 Å². The highest BCUT2D eigenvalue weighted by molar-refractivity contribution is 6.35. The average molecular weight is 413 g/mol. The normalized spacial score (nSPS) is 14.7. The maximum absolute atomic E-state index is 13.0. The summed E-state index contributed by atoms with van der Waals surface area (Å²) in [6.45, 7) is 3.55. The molecule has 0 bridgehead atoms. The van der Waals surface area contributed by atoms with Gasteiger partial charge < -0.3 is 14.2 Å². The zero-order valence-corrected chi connectivity index (χ0v) is 16.8. The number of carbonyl (C=O) groups is 1. The van der Waals surface area contributed by atoms with Gasteiger partial charge in [-0.2, -0.15) is 0 Å². The lowest BCUT2D eigenvalue weighted by atomic mass is 10.1. The van der Waals surface area contributed by atoms with Gasteiger partial charge in [0, 0.05) is 36.8 Å². The minimum atomic E-state index is -0.500. The van der Waals surface area contributed by atoms with Gasteiger partial charge in [-0.25, -0.2) is 4.79 Å². The second-order valence-corrected chi connectivity index (χ2v) is 7.13. The molecule has 0 unspecified atom stereocenters. The van der Waals surface area contributed by atoms with Crippen molar-refractivity contribution in [1.82, 2.24) is 9.88 Å². The van der Waals surface area contributed by atoms with Crippen LogP contribution in [0, 0.1) is 0 Å². The first-order valence-corrected chi connectivity index (χ1v) is 9.76. The number of nitrogens with zero attached hydrogens (tertiary/aromatic N) is 2. The van der Waals surface area contributed by atoms with Gasteiger partial charge in [-0.3, -0.25) is 9.88 Å². The van der Waals surface area contributed by atoms with E-state index >= 15 is 0 Å². The zero-order valence-electron chi connectivity index (χ0n) is 16.1. The van der Waals surface area contributed by atoms with E-state index in [0.29, 0.717) is 47.4 Å². The van der Waals surface area contributed by atoms with Crippen LogP contribution in [0.15, 0.2) is 48.7 Å². The van der Waals surface area contributed by atoms with Crippen molar-refractivity contribution < 1.29 is 19.0 Å². The molecule has 3 aromatic rings. The first-order valence-electron chi connectivity index (χ1n) is 9.39. The fraction of sp³-hybridized carbons (Fsp3) is 0.273. The molecule has 1 aliphatic rings. The molecule has 1 fully saturated rings. The Bertz CT molecular complexity index is 1030. The predicted molar refractivity (Wildman–Crippen MR) is 111 cm³/mol. The maximum atomic E-state index is 13.0. The highest BCUT2D eigenvalue weighted by atomic mass is 35.5. The van der Waals surface area contributed by atoms with E-state index in [9.17, 15) is 4.79 Å². The van der Waals surface area contributed by atoms with Crippen LogP contribution in [0.3, 0.4) is 0 Å². The number of pyridine rings is 1. The molecular weight excluding hydrogens is 392 g/mol. The third kappa shape index (κ3) is 4.19. The Hall–Kier alpha value is -2.67. The third-order valence-corrected chi connectivity index (χ3v) is 5.20. The third-order valence-electron chi connectivity index (χ3n) is 4.89. The summed E-state index contributed by atoms with van der Waals surface area (Å²) in [5, 5.41) is 1.32. The second-order valence-electron chi connectivity index (χ2n) is 6.72. The van der Waals surface area contributed by atoms with Gasteiger partial charge in [0.25, 0.3) is 0 Å². The van der Waals surface area contributed by atoms with Crippen LogP contribution < -0.4 is 9.47 Å². The van der Waals surface area contributed by atoms with Crippen molar-refractivity contribution in [2.75, 3.05) is 33.4 Å². The molecule has 2 aromatic carbocycles. The van der Waals surface area contributed by atoms with Gasteiger partial charge in [0.05, 0.1) is 25.3 Å². The Morgan fingerprint density at radius 1 is 1.21 bits per heavy atom. The molecule has 0 radical (unpaired) electrons. The number of halogens is 1. The van der Waals surface area contributed by atoms with Crippen LogP contribution in [-0.4, -0.2) is 49.3 Å². The van der Waals surface area contributed by atoms with Gasteiger partial charge in [-0.05, 0) is 30.3 Å². The predicted octanol–water partition coefficient (Wildman–Crippen LogP) is 3.95. The number of esters is 1. The summed E-state index contributed by atoms with van der Waals surface area (Å²) < 4.78 is 16.6. The summed E-state index contributed by atoms with van der Waals surface area (Å²) in [6.07, 6.45) is 1.66. The minimum Gasteiger partial charge on any atom is -0.496 e. The van der Waals surface area contributed by atoms with Gasteiger partial charge in [0.2, 0.25) is 0 Å². The van der Waals surface area contributed by atoms with Crippen LogP contribution in [0.4, 0.5) is 0 Å². The van der Waals surface area contributed by atoms with Crippen LogP contribution in [0.2, 0.25) is 5.02 Å². The first kappa shape index (κ1) is 19.6. The number of rotatable bonds is 5. The lowest BCUT2D eigenvalue weighted by Gasteiger charge is -2.27. The number of methoxy groups -OCH3 is 1. The molecule has 4 rings (SSSR count). The van der Waals surface area contributed by atoms with Crippen LogP contribution in [0.25, 0.3) is 10.9 Å². The second kappa shape index (κ2) is 8.78. The molecule has 1 saturated heterocycles. The summed E-state index contributed by atoms with van der Waals surface area (Å²) in [5.41, 5.74) is 1.73. The largest absolute Gasteiger partial charge is 0.496 e. The van der Waals surface area contributed by atoms with E-state index in [0.717, 1.165) is 24.0 Å². The first-order chi connectivity index (χ1) is 14.2. The molecule has 150 valence electrons. The molecule has 0 N–H and O–H groups in total. The van der Waals surface area contributed by atoms with Gasteiger partial charge in [0.1, 0.15) is 16.8 Å². The van der Waals surface area contributed by atoms with Gasteiger partial charge in [-0.1, -0.05) is 23.7 Å². The molecule has 29 heavy (non-hydrogen) atoms. The monoisotopic (exact) mass is 412 g/mol. The van der Waals surface area contributed by atoms with E-state index < -0.39 is 5.97 Å². The number of carbonyl (C=O) groups excluding carboxylic acids is 1. The lowest BCUT2D eigenvalue weighted by molar-refractivity contribution is 0.0337. The van der Waals surface area contributed by atoms with E-state index in [-0.39, 0.29) is 0 Å². The topological polar surface area (TPSA) is 60.9 Å². The van der Waals surface area contributed by atoms with Crippen molar-refractivity contribution in [3.63, 3.8) is 0 Å². The summed E-state index contributed by atoms with van der Waals surface area (Å²) >= 11 is 6.51. The molecule has 0 atom stereocenters. The summed E-state index contributed by atoms with van der Waals surface area (Å²) in [7, 11) is 1.52. The Labute approximate surface area is 174 Å². The molecule has 0 saturated carbocycles. The van der Waals surface area contributed by atoms with Crippen LogP contribution in [-0.2, 0) is 11.3 Å². The smallest absolute Gasteiger partial charge is 0.347 e. The summed E-state index contributed by atoms with van der Waals surface area (Å²) in [6, 6.07) is 12.5. The number of aromatic nitrogens is 1. The van der Waals surface area contributed by atoms with E-state index in [1.54, 1.807) is 30.5 Å². The van der Waals surface area contributed by atoms with Crippen molar-refractivity contribution >= 4 is 28.5 Å². The summed E-state index contributed by atoms with van der Waals surface area (Å²) in [5.74, 6) is 0.380. The van der Waals surface area contributed by atoms with Crippen LogP contribution in [0.1, 0.15) is 15.9 Å². The Morgan fingerprint density at radius 2 is 2.00 bits per heavy atom. The van der Waals surface area contributed by atoms with Crippen molar-refractivity contribution in [1.29, 1.82) is 0 Å².